The number of methoxy groups -OCH3 is 1. The molecule has 2 aromatic rings. The van der Waals surface area contributed by atoms with Crippen LogP contribution in [-0.4, -0.2) is 67.8 Å². The number of carbonyl (C=O) groups excluding carboxylic acids is 2. The summed E-state index contributed by atoms with van der Waals surface area (Å²) in [7, 11) is -2.20. The van der Waals surface area contributed by atoms with Gasteiger partial charge in [-0.1, -0.05) is 18.6 Å². The molecule has 2 aliphatic heterocycles. The molecule has 35 heavy (non-hydrogen) atoms. The highest BCUT2D eigenvalue weighted by molar-refractivity contribution is 7.89. The van der Waals surface area contributed by atoms with Crippen LogP contribution in [0.25, 0.3) is 5.76 Å². The van der Waals surface area contributed by atoms with Gasteiger partial charge in [0.05, 0.1) is 23.1 Å². The lowest BCUT2D eigenvalue weighted by Crippen LogP contribution is -2.35. The predicted molar refractivity (Wildman–Crippen MR) is 126 cm³/mol. The number of halogens is 1. The van der Waals surface area contributed by atoms with E-state index in [4.69, 9.17) is 4.74 Å². The Labute approximate surface area is 203 Å². The largest absolute Gasteiger partial charge is 0.507 e. The Kier molecular flexibility index (Phi) is 7.34. The van der Waals surface area contributed by atoms with Crippen LogP contribution in [0.5, 0.6) is 0 Å². The lowest BCUT2D eigenvalue weighted by Gasteiger charge is -2.26. The van der Waals surface area contributed by atoms with Gasteiger partial charge in [-0.2, -0.15) is 4.31 Å². The van der Waals surface area contributed by atoms with Crippen molar-refractivity contribution in [1.29, 1.82) is 0 Å². The Balaban J connectivity index is 1.73. The van der Waals surface area contributed by atoms with Crippen molar-refractivity contribution < 1.29 is 32.2 Å². The summed E-state index contributed by atoms with van der Waals surface area (Å²) in [4.78, 5) is 27.1. The van der Waals surface area contributed by atoms with Gasteiger partial charge in [0.15, 0.2) is 0 Å². The van der Waals surface area contributed by atoms with Crippen molar-refractivity contribution in [3.63, 3.8) is 0 Å². The van der Waals surface area contributed by atoms with Crippen LogP contribution in [0.15, 0.2) is 59.0 Å². The summed E-state index contributed by atoms with van der Waals surface area (Å²) in [6.07, 6.45) is 2.62. The molecule has 2 aromatic carbocycles. The van der Waals surface area contributed by atoms with Crippen LogP contribution in [0.1, 0.15) is 36.4 Å². The minimum atomic E-state index is -3.66. The molecule has 0 spiro atoms. The number of nitrogens with zero attached hydrogens (tertiary/aromatic N) is 2. The van der Waals surface area contributed by atoms with E-state index < -0.39 is 39.3 Å². The fourth-order valence-electron chi connectivity index (χ4n) is 4.49. The number of ether oxygens (including phenoxy) is 1. The van der Waals surface area contributed by atoms with Gasteiger partial charge < -0.3 is 14.7 Å². The van der Waals surface area contributed by atoms with Gasteiger partial charge in [0, 0.05) is 32.3 Å². The van der Waals surface area contributed by atoms with Gasteiger partial charge in [0.2, 0.25) is 10.0 Å². The lowest BCUT2D eigenvalue weighted by molar-refractivity contribution is -0.140. The molecule has 0 saturated carbocycles. The molecule has 186 valence electrons. The summed E-state index contributed by atoms with van der Waals surface area (Å²) < 4.78 is 45.9. The second-order valence-electron chi connectivity index (χ2n) is 8.53. The minimum Gasteiger partial charge on any atom is -0.507 e. The average Bonchev–Trinajstić information content (AvgIpc) is 3.13. The number of rotatable bonds is 7. The Morgan fingerprint density at radius 3 is 2.26 bits per heavy atom. The van der Waals surface area contributed by atoms with Gasteiger partial charge in [-0.15, -0.1) is 0 Å². The summed E-state index contributed by atoms with van der Waals surface area (Å²) in [6, 6.07) is 9.98. The molecule has 1 amide bonds. The lowest BCUT2D eigenvalue weighted by atomic mass is 9.95. The molecule has 1 atom stereocenters. The maximum absolute atomic E-state index is 13.5. The van der Waals surface area contributed by atoms with Crippen molar-refractivity contribution in [1.82, 2.24) is 9.21 Å². The summed E-state index contributed by atoms with van der Waals surface area (Å²) in [6.45, 7) is 1.18. The Bertz CT molecular complexity index is 1240. The van der Waals surface area contributed by atoms with E-state index in [-0.39, 0.29) is 29.2 Å². The summed E-state index contributed by atoms with van der Waals surface area (Å²) in [5.74, 6) is -2.59. The van der Waals surface area contributed by atoms with Crippen molar-refractivity contribution in [2.45, 2.75) is 30.2 Å². The second-order valence-corrected chi connectivity index (χ2v) is 10.5. The molecule has 1 N–H and O–H groups in total. The molecule has 0 bridgehead atoms. The normalized spacial score (nSPS) is 21.0. The zero-order valence-electron chi connectivity index (χ0n) is 19.3. The molecule has 2 fully saturated rings. The molecule has 0 radical (unpaired) electrons. The van der Waals surface area contributed by atoms with E-state index in [1.807, 2.05) is 0 Å². The molecule has 2 saturated heterocycles. The van der Waals surface area contributed by atoms with Gasteiger partial charge >= 0.3 is 0 Å². The molecule has 0 aliphatic carbocycles. The second kappa shape index (κ2) is 10.3. The monoisotopic (exact) mass is 502 g/mol. The van der Waals surface area contributed by atoms with E-state index in [1.165, 1.54) is 64.8 Å². The number of amides is 1. The zero-order chi connectivity index (χ0) is 25.2. The van der Waals surface area contributed by atoms with E-state index >= 15 is 0 Å². The third-order valence-electron chi connectivity index (χ3n) is 6.34. The van der Waals surface area contributed by atoms with Gasteiger partial charge in [-0.3, -0.25) is 9.59 Å². The van der Waals surface area contributed by atoms with Gasteiger partial charge in [0.1, 0.15) is 11.6 Å². The third-order valence-corrected chi connectivity index (χ3v) is 8.26. The summed E-state index contributed by atoms with van der Waals surface area (Å²) in [5, 5.41) is 11.1. The molecule has 10 heteroatoms. The molecule has 2 aliphatic rings. The highest BCUT2D eigenvalue weighted by Gasteiger charge is 2.45. The molecule has 0 unspecified atom stereocenters. The summed E-state index contributed by atoms with van der Waals surface area (Å²) >= 11 is 0. The Morgan fingerprint density at radius 1 is 1.03 bits per heavy atom. The fraction of sp³-hybridized carbons (Fsp3) is 0.360. The SMILES string of the molecule is COCCN1C(=O)C(=O)/C(=C(/O)c2ccc(S(=O)(=O)N3CCCCC3)cc2)[C@@H]1c1ccc(F)cc1. The van der Waals surface area contributed by atoms with Crippen LogP contribution < -0.4 is 0 Å². The number of hydrogen-bond donors (Lipinski definition) is 1. The first kappa shape index (κ1) is 25.0. The van der Waals surface area contributed by atoms with E-state index in [0.29, 0.717) is 18.7 Å². The van der Waals surface area contributed by atoms with Crippen LogP contribution in [0.2, 0.25) is 0 Å². The Hall–Kier alpha value is -3.08. The van der Waals surface area contributed by atoms with Gasteiger partial charge in [0.25, 0.3) is 11.7 Å². The number of carbonyl (C=O) groups is 2. The number of piperidine rings is 1. The first-order valence-electron chi connectivity index (χ1n) is 11.4. The zero-order valence-corrected chi connectivity index (χ0v) is 20.1. The smallest absolute Gasteiger partial charge is 0.295 e. The van der Waals surface area contributed by atoms with E-state index in [1.54, 1.807) is 0 Å². The number of Topliss-reactive ketones (excluding diaryl/α,β-unsaturated/α-hetero) is 1. The van der Waals surface area contributed by atoms with Crippen LogP contribution in [0, 0.1) is 5.82 Å². The first-order chi connectivity index (χ1) is 16.8. The highest BCUT2D eigenvalue weighted by Crippen LogP contribution is 2.39. The van der Waals surface area contributed by atoms with Gasteiger partial charge in [-0.05, 0) is 54.8 Å². The van der Waals surface area contributed by atoms with Crippen LogP contribution >= 0.6 is 0 Å². The molecule has 2 heterocycles. The van der Waals surface area contributed by atoms with Crippen molar-refractivity contribution >= 4 is 27.5 Å². The number of ketones is 1. The van der Waals surface area contributed by atoms with E-state index in [2.05, 4.69) is 0 Å². The average molecular weight is 503 g/mol. The number of benzene rings is 2. The topological polar surface area (TPSA) is 104 Å². The van der Waals surface area contributed by atoms with Crippen molar-refractivity contribution in [2.24, 2.45) is 0 Å². The molecule has 8 nitrogen and oxygen atoms in total. The predicted octanol–water partition coefficient (Wildman–Crippen LogP) is 3.07. The molecule has 4 rings (SSSR count). The van der Waals surface area contributed by atoms with Gasteiger partial charge in [-0.25, -0.2) is 12.8 Å². The fourth-order valence-corrected chi connectivity index (χ4v) is 6.00. The number of sulfonamides is 1. The van der Waals surface area contributed by atoms with Crippen molar-refractivity contribution in [3.05, 3.63) is 71.0 Å². The number of hydrogen-bond acceptors (Lipinski definition) is 6. The Morgan fingerprint density at radius 2 is 1.66 bits per heavy atom. The quantitative estimate of drug-likeness (QED) is 0.355. The van der Waals surface area contributed by atoms with Crippen molar-refractivity contribution in [2.75, 3.05) is 33.4 Å². The van der Waals surface area contributed by atoms with Crippen molar-refractivity contribution in [3.8, 4) is 0 Å². The maximum atomic E-state index is 13.5. The van der Waals surface area contributed by atoms with Crippen LogP contribution in [0.4, 0.5) is 4.39 Å². The highest BCUT2D eigenvalue weighted by atomic mass is 32.2. The van der Waals surface area contributed by atoms with Crippen LogP contribution in [-0.2, 0) is 24.3 Å². The standard InChI is InChI=1S/C25H27FN2O6S/c1-34-16-15-28-22(17-5-9-19(26)10-6-17)21(24(30)25(28)31)23(29)18-7-11-20(12-8-18)35(32,33)27-13-3-2-4-14-27/h5-12,22,29H,2-4,13-16H2,1H3/b23-21+/t22-/m0/s1. The molecule has 0 aromatic heterocycles. The maximum Gasteiger partial charge on any atom is 0.295 e. The van der Waals surface area contributed by atoms with Crippen LogP contribution in [0.3, 0.4) is 0 Å². The van der Waals surface area contributed by atoms with E-state index in [0.717, 1.165) is 19.3 Å². The first-order valence-corrected chi connectivity index (χ1v) is 12.8. The number of aliphatic hydroxyl groups is 1. The third kappa shape index (κ3) is 4.86. The number of aliphatic hydroxyl groups excluding tert-OH is 1. The molecular weight excluding hydrogens is 475 g/mol. The number of likely N-dealkylation sites (tertiary alicyclic amines) is 1. The van der Waals surface area contributed by atoms with E-state index in [9.17, 15) is 27.5 Å². The molecular formula is C25H27FN2O6S. The minimum absolute atomic E-state index is 0.0894. The summed E-state index contributed by atoms with van der Waals surface area (Å²) in [5.41, 5.74) is 0.497.